The van der Waals surface area contributed by atoms with E-state index in [1.807, 2.05) is 4.90 Å². The van der Waals surface area contributed by atoms with Crippen LogP contribution in [-0.4, -0.2) is 52.1 Å². The minimum absolute atomic E-state index is 0.0331. The van der Waals surface area contributed by atoms with Gasteiger partial charge in [-0.15, -0.1) is 0 Å². The van der Waals surface area contributed by atoms with Crippen molar-refractivity contribution in [1.82, 2.24) is 9.80 Å². The van der Waals surface area contributed by atoms with Gasteiger partial charge in [-0.1, -0.05) is 0 Å². The minimum Gasteiger partial charge on any atom is -0.480 e. The number of hydrogen-bond acceptors (Lipinski definition) is 2. The van der Waals surface area contributed by atoms with Crippen LogP contribution in [0.4, 0.5) is 4.79 Å². The maximum absolute atomic E-state index is 12.5. The van der Waals surface area contributed by atoms with Crippen LogP contribution >= 0.6 is 0 Å². The second kappa shape index (κ2) is 4.44. The molecule has 5 nitrogen and oxygen atoms in total. The highest BCUT2D eigenvalue weighted by atomic mass is 16.4. The predicted octanol–water partition coefficient (Wildman–Crippen LogP) is 1.53. The Labute approximate surface area is 107 Å². The molecule has 0 atom stereocenters. The van der Waals surface area contributed by atoms with Crippen molar-refractivity contribution in [2.24, 2.45) is 5.92 Å². The molecule has 2 amide bonds. The highest BCUT2D eigenvalue weighted by Crippen LogP contribution is 2.37. The van der Waals surface area contributed by atoms with Gasteiger partial charge >= 0.3 is 12.0 Å². The summed E-state index contributed by atoms with van der Waals surface area (Å²) in [5.41, 5.74) is 0. The van der Waals surface area contributed by atoms with Crippen molar-refractivity contribution in [3.63, 3.8) is 0 Å². The molecule has 18 heavy (non-hydrogen) atoms. The molecular weight excluding hydrogens is 232 g/mol. The lowest BCUT2D eigenvalue weighted by Crippen LogP contribution is -2.48. The fourth-order valence-corrected chi connectivity index (χ4v) is 2.40. The minimum atomic E-state index is -0.905. The summed E-state index contributed by atoms with van der Waals surface area (Å²) in [5.74, 6) is -0.238. The van der Waals surface area contributed by atoms with E-state index in [1.165, 1.54) is 12.8 Å². The fourth-order valence-electron chi connectivity index (χ4n) is 2.40. The Morgan fingerprint density at radius 2 is 1.50 bits per heavy atom. The summed E-state index contributed by atoms with van der Waals surface area (Å²) < 4.78 is 0. The van der Waals surface area contributed by atoms with Crippen molar-refractivity contribution < 1.29 is 14.7 Å². The van der Waals surface area contributed by atoms with Gasteiger partial charge in [-0.3, -0.25) is 4.79 Å². The third-order valence-corrected chi connectivity index (χ3v) is 3.92. The zero-order chi connectivity index (χ0) is 12.7. The SMILES string of the molecule is O=C(O)CN(C(=O)N(CC1CC1)C1CC1)C1CC1. The van der Waals surface area contributed by atoms with Crippen molar-refractivity contribution in [3.8, 4) is 0 Å². The Morgan fingerprint density at radius 1 is 0.944 bits per heavy atom. The number of urea groups is 1. The second-order valence-corrected chi connectivity index (χ2v) is 5.86. The molecule has 5 heteroatoms. The van der Waals surface area contributed by atoms with Gasteiger partial charge in [0.2, 0.25) is 0 Å². The van der Waals surface area contributed by atoms with Gasteiger partial charge < -0.3 is 14.9 Å². The molecule has 0 aromatic heterocycles. The lowest BCUT2D eigenvalue weighted by molar-refractivity contribution is -0.137. The molecule has 0 bridgehead atoms. The number of nitrogens with zero attached hydrogens (tertiary/aromatic N) is 2. The van der Waals surface area contributed by atoms with Gasteiger partial charge in [0, 0.05) is 18.6 Å². The maximum Gasteiger partial charge on any atom is 0.323 e. The Bertz CT molecular complexity index is 359. The molecule has 100 valence electrons. The number of carbonyl (C=O) groups excluding carboxylic acids is 1. The molecular formula is C13H20N2O3. The number of hydrogen-bond donors (Lipinski definition) is 1. The normalized spacial score (nSPS) is 22.7. The smallest absolute Gasteiger partial charge is 0.323 e. The Morgan fingerprint density at radius 3 is 1.94 bits per heavy atom. The molecule has 3 aliphatic rings. The van der Waals surface area contributed by atoms with E-state index in [1.54, 1.807) is 4.90 Å². The molecule has 0 saturated heterocycles. The highest BCUT2D eigenvalue weighted by molar-refractivity contribution is 5.81. The molecule has 0 aromatic carbocycles. The lowest BCUT2D eigenvalue weighted by Gasteiger charge is -2.30. The van der Waals surface area contributed by atoms with Crippen LogP contribution in [0.1, 0.15) is 38.5 Å². The lowest BCUT2D eigenvalue weighted by atomic mass is 10.3. The summed E-state index contributed by atoms with van der Waals surface area (Å²) in [6.45, 7) is 0.698. The molecule has 0 unspecified atom stereocenters. The first kappa shape index (κ1) is 11.8. The Kier molecular flexibility index (Phi) is 2.92. The third-order valence-electron chi connectivity index (χ3n) is 3.92. The first-order valence-corrected chi connectivity index (χ1v) is 6.94. The maximum atomic E-state index is 12.5. The van der Waals surface area contributed by atoms with Gasteiger partial charge in [-0.05, 0) is 44.4 Å². The predicted molar refractivity (Wildman–Crippen MR) is 65.2 cm³/mol. The van der Waals surface area contributed by atoms with E-state index in [9.17, 15) is 9.59 Å². The number of amides is 2. The van der Waals surface area contributed by atoms with E-state index in [0.29, 0.717) is 12.0 Å². The largest absolute Gasteiger partial charge is 0.480 e. The highest BCUT2D eigenvalue weighted by Gasteiger charge is 2.42. The zero-order valence-electron chi connectivity index (χ0n) is 10.5. The molecule has 0 aromatic rings. The van der Waals surface area contributed by atoms with Crippen molar-refractivity contribution in [3.05, 3.63) is 0 Å². The van der Waals surface area contributed by atoms with Gasteiger partial charge in [0.15, 0.2) is 0 Å². The Hall–Kier alpha value is -1.26. The van der Waals surface area contributed by atoms with E-state index in [-0.39, 0.29) is 18.6 Å². The summed E-state index contributed by atoms with van der Waals surface area (Å²) in [6.07, 6.45) is 6.54. The topological polar surface area (TPSA) is 60.9 Å². The average molecular weight is 252 g/mol. The monoisotopic (exact) mass is 252 g/mol. The van der Waals surface area contributed by atoms with Crippen molar-refractivity contribution >= 4 is 12.0 Å². The van der Waals surface area contributed by atoms with Crippen molar-refractivity contribution in [2.75, 3.05) is 13.1 Å². The van der Waals surface area contributed by atoms with Gasteiger partial charge in [-0.2, -0.15) is 0 Å². The summed E-state index contributed by atoms with van der Waals surface area (Å²) in [7, 11) is 0. The molecule has 3 rings (SSSR count). The van der Waals surface area contributed by atoms with Crippen LogP contribution in [0, 0.1) is 5.92 Å². The van der Waals surface area contributed by atoms with Crippen LogP contribution < -0.4 is 0 Å². The molecule has 3 saturated carbocycles. The third kappa shape index (κ3) is 2.76. The molecule has 0 spiro atoms. The summed E-state index contributed by atoms with van der Waals surface area (Å²) >= 11 is 0. The first-order valence-electron chi connectivity index (χ1n) is 6.94. The van der Waals surface area contributed by atoms with Crippen molar-refractivity contribution in [2.45, 2.75) is 50.6 Å². The fraction of sp³-hybridized carbons (Fsp3) is 0.846. The number of aliphatic carboxylic acids is 1. The molecule has 0 aliphatic heterocycles. The van der Waals surface area contributed by atoms with E-state index in [0.717, 1.165) is 32.2 Å². The number of carboxylic acid groups (broad SMARTS) is 1. The number of carbonyl (C=O) groups is 2. The molecule has 1 N–H and O–H groups in total. The van der Waals surface area contributed by atoms with Crippen LogP contribution in [0.2, 0.25) is 0 Å². The zero-order valence-corrected chi connectivity index (χ0v) is 10.5. The first-order chi connectivity index (χ1) is 8.65. The van der Waals surface area contributed by atoms with Crippen LogP contribution in [0.5, 0.6) is 0 Å². The standard InChI is InChI=1S/C13H20N2O3/c16-12(17)8-15(11-5-6-11)13(18)14(10-3-4-10)7-9-1-2-9/h9-11H,1-8H2,(H,16,17). The van der Waals surface area contributed by atoms with Crippen LogP contribution in [0.15, 0.2) is 0 Å². The molecule has 0 radical (unpaired) electrons. The van der Waals surface area contributed by atoms with Crippen LogP contribution in [-0.2, 0) is 4.79 Å². The number of rotatable bonds is 6. The van der Waals surface area contributed by atoms with Gasteiger partial charge in [0.25, 0.3) is 0 Å². The summed E-state index contributed by atoms with van der Waals surface area (Å²) in [4.78, 5) is 26.9. The van der Waals surface area contributed by atoms with Crippen LogP contribution in [0.25, 0.3) is 0 Å². The van der Waals surface area contributed by atoms with E-state index < -0.39 is 5.97 Å². The van der Waals surface area contributed by atoms with Crippen LogP contribution in [0.3, 0.4) is 0 Å². The van der Waals surface area contributed by atoms with E-state index in [2.05, 4.69) is 0 Å². The second-order valence-electron chi connectivity index (χ2n) is 5.86. The quantitative estimate of drug-likeness (QED) is 0.779. The van der Waals surface area contributed by atoms with Gasteiger partial charge in [0.05, 0.1) is 0 Å². The Balaban J connectivity index is 1.65. The number of carboxylic acids is 1. The summed E-state index contributed by atoms with van der Waals surface area (Å²) in [5, 5.41) is 8.93. The average Bonchev–Trinajstić information content (AvgIpc) is 3.11. The van der Waals surface area contributed by atoms with E-state index >= 15 is 0 Å². The van der Waals surface area contributed by atoms with Gasteiger partial charge in [-0.25, -0.2) is 4.79 Å². The molecule has 0 heterocycles. The molecule has 3 fully saturated rings. The van der Waals surface area contributed by atoms with Gasteiger partial charge in [0.1, 0.15) is 6.54 Å². The summed E-state index contributed by atoms with van der Waals surface area (Å²) in [6, 6.07) is 0.525. The van der Waals surface area contributed by atoms with Crippen molar-refractivity contribution in [1.29, 1.82) is 0 Å². The molecule has 3 aliphatic carbocycles. The van der Waals surface area contributed by atoms with E-state index in [4.69, 9.17) is 5.11 Å².